The lowest BCUT2D eigenvalue weighted by Gasteiger charge is -2.25. The zero-order valence-electron chi connectivity index (χ0n) is 14.8. The normalized spacial score (nSPS) is 11.8. The molecule has 0 radical (unpaired) electrons. The van der Waals surface area contributed by atoms with Crippen LogP contribution in [0.1, 0.15) is 35.5 Å². The molecule has 0 aliphatic rings. The minimum Gasteiger partial charge on any atom is -0.467 e. The second-order valence-electron chi connectivity index (χ2n) is 5.65. The highest BCUT2D eigenvalue weighted by Gasteiger charge is 2.22. The van der Waals surface area contributed by atoms with E-state index < -0.39 is 6.10 Å². The quantitative estimate of drug-likeness (QED) is 0.799. The summed E-state index contributed by atoms with van der Waals surface area (Å²) in [7, 11) is 1.59. The third-order valence-corrected chi connectivity index (χ3v) is 3.82. The fourth-order valence-corrected chi connectivity index (χ4v) is 2.51. The molecular formula is C19H24N2O4. The van der Waals surface area contributed by atoms with Gasteiger partial charge >= 0.3 is 0 Å². The molecule has 2 rings (SSSR count). The van der Waals surface area contributed by atoms with Crippen molar-refractivity contribution in [2.24, 2.45) is 0 Å². The van der Waals surface area contributed by atoms with E-state index in [-0.39, 0.29) is 11.8 Å². The molecule has 1 atom stereocenters. The molecule has 2 amide bonds. The number of carbonyl (C=O) groups is 2. The van der Waals surface area contributed by atoms with Crippen LogP contribution in [-0.4, -0.2) is 36.5 Å². The molecule has 0 saturated carbocycles. The first-order valence-corrected chi connectivity index (χ1v) is 8.29. The molecule has 25 heavy (non-hydrogen) atoms. The number of nitrogens with one attached hydrogen (secondary N) is 1. The van der Waals surface area contributed by atoms with Crippen molar-refractivity contribution in [2.75, 3.05) is 13.7 Å². The highest BCUT2D eigenvalue weighted by molar-refractivity contribution is 5.93. The molecular weight excluding hydrogens is 320 g/mol. The van der Waals surface area contributed by atoms with Crippen molar-refractivity contribution in [1.29, 1.82) is 0 Å². The minimum absolute atomic E-state index is 0.103. The smallest absolute Gasteiger partial charge is 0.252 e. The molecule has 1 aromatic heterocycles. The van der Waals surface area contributed by atoms with Crippen molar-refractivity contribution in [3.63, 3.8) is 0 Å². The molecule has 1 aromatic carbocycles. The van der Waals surface area contributed by atoms with Gasteiger partial charge in [0.05, 0.1) is 12.8 Å². The molecule has 6 nitrogen and oxygen atoms in total. The lowest BCUT2D eigenvalue weighted by Crippen LogP contribution is -2.38. The SMILES string of the molecule is CCO[C@@H](C)C(=O)N(Cc1ccc(C(=O)NC)cc1)Cc1ccco1. The fourth-order valence-electron chi connectivity index (χ4n) is 2.51. The van der Waals surface area contributed by atoms with Gasteiger partial charge in [-0.2, -0.15) is 0 Å². The van der Waals surface area contributed by atoms with Crippen LogP contribution < -0.4 is 5.32 Å². The first-order chi connectivity index (χ1) is 12.0. The number of carbonyl (C=O) groups excluding carboxylic acids is 2. The molecule has 0 spiro atoms. The number of benzene rings is 1. The van der Waals surface area contributed by atoms with Crippen LogP contribution in [0.25, 0.3) is 0 Å². The van der Waals surface area contributed by atoms with Crippen molar-refractivity contribution in [1.82, 2.24) is 10.2 Å². The van der Waals surface area contributed by atoms with Gasteiger partial charge in [-0.25, -0.2) is 0 Å². The average Bonchev–Trinajstić information content (AvgIpc) is 3.13. The third kappa shape index (κ3) is 5.19. The predicted octanol–water partition coefficient (Wildman–Crippen LogP) is 2.59. The molecule has 2 aromatic rings. The highest BCUT2D eigenvalue weighted by atomic mass is 16.5. The Labute approximate surface area is 147 Å². The summed E-state index contributed by atoms with van der Waals surface area (Å²) in [6, 6.07) is 10.8. The molecule has 0 unspecified atom stereocenters. The van der Waals surface area contributed by atoms with Crippen LogP contribution in [-0.2, 0) is 22.6 Å². The van der Waals surface area contributed by atoms with E-state index in [0.717, 1.165) is 5.56 Å². The second kappa shape index (κ2) is 9.03. The van der Waals surface area contributed by atoms with Crippen molar-refractivity contribution >= 4 is 11.8 Å². The number of furan rings is 1. The van der Waals surface area contributed by atoms with Gasteiger partial charge in [0.25, 0.3) is 11.8 Å². The Hall–Kier alpha value is -2.60. The summed E-state index contributed by atoms with van der Waals surface area (Å²) in [5, 5.41) is 2.59. The summed E-state index contributed by atoms with van der Waals surface area (Å²) in [6.45, 7) is 4.85. The summed E-state index contributed by atoms with van der Waals surface area (Å²) >= 11 is 0. The number of rotatable bonds is 8. The van der Waals surface area contributed by atoms with Crippen LogP contribution in [0.2, 0.25) is 0 Å². The van der Waals surface area contributed by atoms with Gasteiger partial charge in [-0.1, -0.05) is 12.1 Å². The molecule has 0 aliphatic heterocycles. The third-order valence-electron chi connectivity index (χ3n) is 3.82. The maximum Gasteiger partial charge on any atom is 0.252 e. The van der Waals surface area contributed by atoms with Crippen molar-refractivity contribution in [3.8, 4) is 0 Å². The topological polar surface area (TPSA) is 71.8 Å². The minimum atomic E-state index is -0.523. The monoisotopic (exact) mass is 344 g/mol. The van der Waals surface area contributed by atoms with Crippen LogP contribution in [0.4, 0.5) is 0 Å². The van der Waals surface area contributed by atoms with Crippen LogP contribution >= 0.6 is 0 Å². The maximum atomic E-state index is 12.7. The lowest BCUT2D eigenvalue weighted by atomic mass is 10.1. The van der Waals surface area contributed by atoms with E-state index in [1.165, 1.54) is 0 Å². The van der Waals surface area contributed by atoms with Gasteiger partial charge in [0.15, 0.2) is 0 Å². The molecule has 6 heteroatoms. The number of hydrogen-bond donors (Lipinski definition) is 1. The summed E-state index contributed by atoms with van der Waals surface area (Å²) < 4.78 is 10.8. The second-order valence-corrected chi connectivity index (χ2v) is 5.65. The van der Waals surface area contributed by atoms with E-state index in [0.29, 0.717) is 31.0 Å². The Balaban J connectivity index is 2.14. The predicted molar refractivity (Wildman–Crippen MR) is 93.9 cm³/mol. The summed E-state index contributed by atoms with van der Waals surface area (Å²) in [6.07, 6.45) is 1.06. The molecule has 0 aliphatic carbocycles. The zero-order valence-corrected chi connectivity index (χ0v) is 14.8. The van der Waals surface area contributed by atoms with Gasteiger partial charge in [0, 0.05) is 25.8 Å². The van der Waals surface area contributed by atoms with E-state index in [1.807, 2.05) is 25.1 Å². The molecule has 1 N–H and O–H groups in total. The number of ether oxygens (including phenoxy) is 1. The first kappa shape index (κ1) is 18.7. The molecule has 0 saturated heterocycles. The first-order valence-electron chi connectivity index (χ1n) is 8.29. The fraction of sp³-hybridized carbons (Fsp3) is 0.368. The molecule has 1 heterocycles. The number of nitrogens with zero attached hydrogens (tertiary/aromatic N) is 1. The standard InChI is InChI=1S/C19H24N2O4/c1-4-24-14(2)19(23)21(13-17-6-5-11-25-17)12-15-7-9-16(10-8-15)18(22)20-3/h5-11,14H,4,12-13H2,1-3H3,(H,20,22)/t14-/m0/s1. The van der Waals surface area contributed by atoms with E-state index in [4.69, 9.17) is 9.15 Å². The van der Waals surface area contributed by atoms with E-state index in [2.05, 4.69) is 5.32 Å². The van der Waals surface area contributed by atoms with Gasteiger partial charge in [-0.3, -0.25) is 9.59 Å². The summed E-state index contributed by atoms with van der Waals surface area (Å²) in [4.78, 5) is 26.0. The van der Waals surface area contributed by atoms with Gasteiger partial charge < -0.3 is 19.4 Å². The summed E-state index contributed by atoms with van der Waals surface area (Å²) in [5.41, 5.74) is 1.51. The molecule has 0 bridgehead atoms. The van der Waals surface area contributed by atoms with Gasteiger partial charge in [0.1, 0.15) is 11.9 Å². The van der Waals surface area contributed by atoms with Crippen molar-refractivity contribution in [2.45, 2.75) is 33.0 Å². The van der Waals surface area contributed by atoms with Crippen molar-refractivity contribution < 1.29 is 18.7 Å². The van der Waals surface area contributed by atoms with E-state index in [9.17, 15) is 9.59 Å². The largest absolute Gasteiger partial charge is 0.467 e. The van der Waals surface area contributed by atoms with Crippen molar-refractivity contribution in [3.05, 3.63) is 59.5 Å². The Morgan fingerprint density at radius 3 is 2.48 bits per heavy atom. The molecule has 134 valence electrons. The number of hydrogen-bond acceptors (Lipinski definition) is 4. The number of amides is 2. The van der Waals surface area contributed by atoms with Crippen LogP contribution in [0, 0.1) is 0 Å². The van der Waals surface area contributed by atoms with Crippen LogP contribution in [0.5, 0.6) is 0 Å². The van der Waals surface area contributed by atoms with Gasteiger partial charge in [-0.05, 0) is 43.7 Å². The average molecular weight is 344 g/mol. The summed E-state index contributed by atoms with van der Waals surface area (Å²) in [5.74, 6) is 0.465. The Morgan fingerprint density at radius 1 is 1.20 bits per heavy atom. The van der Waals surface area contributed by atoms with E-state index in [1.54, 1.807) is 43.3 Å². The van der Waals surface area contributed by atoms with Gasteiger partial charge in [0.2, 0.25) is 0 Å². The zero-order chi connectivity index (χ0) is 18.2. The lowest BCUT2D eigenvalue weighted by molar-refractivity contribution is -0.144. The molecule has 0 fully saturated rings. The maximum absolute atomic E-state index is 12.7. The highest BCUT2D eigenvalue weighted by Crippen LogP contribution is 2.14. The van der Waals surface area contributed by atoms with Gasteiger partial charge in [-0.15, -0.1) is 0 Å². The Bertz CT molecular complexity index is 680. The van der Waals surface area contributed by atoms with Crippen LogP contribution in [0.3, 0.4) is 0 Å². The van der Waals surface area contributed by atoms with E-state index >= 15 is 0 Å². The Morgan fingerprint density at radius 2 is 1.92 bits per heavy atom. The van der Waals surface area contributed by atoms with Crippen LogP contribution in [0.15, 0.2) is 47.1 Å². The Kier molecular flexibility index (Phi) is 6.77.